The van der Waals surface area contributed by atoms with Crippen molar-refractivity contribution >= 4 is 5.96 Å². The third-order valence-electron chi connectivity index (χ3n) is 4.32. The highest BCUT2D eigenvalue weighted by Crippen LogP contribution is 2.28. The number of nitrogens with one attached hydrogen (secondary N) is 1. The van der Waals surface area contributed by atoms with E-state index in [-0.39, 0.29) is 0 Å². The summed E-state index contributed by atoms with van der Waals surface area (Å²) in [6.45, 7) is 6.60. The summed E-state index contributed by atoms with van der Waals surface area (Å²) in [4.78, 5) is 6.77. The Morgan fingerprint density at radius 3 is 2.55 bits per heavy atom. The number of aliphatic imine (C=N–C) groups is 1. The molecule has 0 unspecified atom stereocenters. The maximum atomic E-state index is 5.62. The Morgan fingerprint density at radius 2 is 2.00 bits per heavy atom. The normalized spacial score (nSPS) is 23.7. The molecule has 3 N–H and O–H groups in total. The zero-order chi connectivity index (χ0) is 14.8. The molecule has 0 heterocycles. The van der Waals surface area contributed by atoms with Crippen molar-refractivity contribution < 1.29 is 4.74 Å². The van der Waals surface area contributed by atoms with E-state index in [9.17, 15) is 0 Å². The Labute approximate surface area is 123 Å². The second-order valence-corrected chi connectivity index (χ2v) is 5.59. The number of guanidine groups is 1. The minimum atomic E-state index is 0.569. The average molecular weight is 284 g/mol. The number of nitrogens with two attached hydrogens (primary N) is 1. The van der Waals surface area contributed by atoms with Gasteiger partial charge in [0, 0.05) is 32.8 Å². The van der Waals surface area contributed by atoms with E-state index >= 15 is 0 Å². The van der Waals surface area contributed by atoms with Gasteiger partial charge in [-0.25, -0.2) is 5.84 Å². The molecule has 5 heteroatoms. The van der Waals surface area contributed by atoms with Crippen LogP contribution in [0.1, 0.15) is 52.4 Å². The lowest BCUT2D eigenvalue weighted by Gasteiger charge is -2.35. The van der Waals surface area contributed by atoms with Crippen molar-refractivity contribution in [2.75, 3.05) is 26.8 Å². The summed E-state index contributed by atoms with van der Waals surface area (Å²) in [7, 11) is 2.10. The van der Waals surface area contributed by atoms with Gasteiger partial charge in [0.2, 0.25) is 5.96 Å². The highest BCUT2D eigenvalue weighted by atomic mass is 16.5. The van der Waals surface area contributed by atoms with Gasteiger partial charge in [0.15, 0.2) is 0 Å². The molecule has 1 saturated carbocycles. The fraction of sp³-hybridized carbons (Fsp3) is 0.933. The van der Waals surface area contributed by atoms with Crippen molar-refractivity contribution in [3.63, 3.8) is 0 Å². The second-order valence-electron chi connectivity index (χ2n) is 5.59. The molecule has 0 atom stereocenters. The molecule has 0 saturated heterocycles. The van der Waals surface area contributed by atoms with Crippen LogP contribution in [0.25, 0.3) is 0 Å². The molecule has 1 aliphatic carbocycles. The van der Waals surface area contributed by atoms with Crippen molar-refractivity contribution in [3.05, 3.63) is 0 Å². The third-order valence-corrected chi connectivity index (χ3v) is 4.32. The predicted octanol–water partition coefficient (Wildman–Crippen LogP) is 2.13. The van der Waals surface area contributed by atoms with Crippen LogP contribution in [0.2, 0.25) is 0 Å². The zero-order valence-electron chi connectivity index (χ0n) is 13.4. The van der Waals surface area contributed by atoms with Gasteiger partial charge in [-0.15, -0.1) is 0 Å². The number of rotatable bonds is 7. The van der Waals surface area contributed by atoms with Crippen molar-refractivity contribution in [3.8, 4) is 0 Å². The van der Waals surface area contributed by atoms with E-state index in [1.807, 2.05) is 6.92 Å². The quantitative estimate of drug-likeness (QED) is 0.247. The summed E-state index contributed by atoms with van der Waals surface area (Å²) in [5.41, 5.74) is 2.75. The van der Waals surface area contributed by atoms with E-state index in [4.69, 9.17) is 10.6 Å². The van der Waals surface area contributed by atoms with E-state index in [0.717, 1.165) is 38.1 Å². The van der Waals surface area contributed by atoms with Gasteiger partial charge in [-0.1, -0.05) is 13.3 Å². The number of ether oxygens (including phenoxy) is 1. The molecule has 0 amide bonds. The molecule has 0 bridgehead atoms. The van der Waals surface area contributed by atoms with Crippen LogP contribution in [0, 0.1) is 5.92 Å². The van der Waals surface area contributed by atoms with Gasteiger partial charge < -0.3 is 9.64 Å². The maximum absolute atomic E-state index is 5.62. The van der Waals surface area contributed by atoms with Crippen LogP contribution in [0.5, 0.6) is 0 Å². The average Bonchev–Trinajstić information content (AvgIpc) is 2.50. The molecule has 0 aromatic carbocycles. The van der Waals surface area contributed by atoms with Gasteiger partial charge in [0.05, 0.1) is 0 Å². The predicted molar refractivity (Wildman–Crippen MR) is 84.5 cm³/mol. The topological polar surface area (TPSA) is 62.9 Å². The van der Waals surface area contributed by atoms with Gasteiger partial charge in [-0.05, 0) is 44.9 Å². The maximum Gasteiger partial charge on any atom is 0.208 e. The van der Waals surface area contributed by atoms with Crippen LogP contribution < -0.4 is 11.3 Å². The van der Waals surface area contributed by atoms with Crippen LogP contribution in [0.3, 0.4) is 0 Å². The van der Waals surface area contributed by atoms with Crippen LogP contribution in [-0.2, 0) is 4.74 Å². The first-order valence-corrected chi connectivity index (χ1v) is 8.04. The molecular weight excluding hydrogens is 252 g/mol. The molecule has 1 aliphatic rings. The Kier molecular flexibility index (Phi) is 8.62. The Hall–Kier alpha value is -0.810. The lowest BCUT2D eigenvalue weighted by atomic mass is 9.84. The molecule has 20 heavy (non-hydrogen) atoms. The zero-order valence-corrected chi connectivity index (χ0v) is 13.4. The Morgan fingerprint density at radius 1 is 1.30 bits per heavy atom. The van der Waals surface area contributed by atoms with E-state index < -0.39 is 0 Å². The molecule has 1 fully saturated rings. The molecule has 0 aromatic rings. The minimum Gasteiger partial charge on any atom is -0.382 e. The van der Waals surface area contributed by atoms with Crippen LogP contribution in [-0.4, -0.2) is 43.7 Å². The molecule has 118 valence electrons. The summed E-state index contributed by atoms with van der Waals surface area (Å²) >= 11 is 0. The smallest absolute Gasteiger partial charge is 0.208 e. The van der Waals surface area contributed by atoms with Gasteiger partial charge >= 0.3 is 0 Å². The van der Waals surface area contributed by atoms with Crippen LogP contribution in [0.4, 0.5) is 0 Å². The van der Waals surface area contributed by atoms with Gasteiger partial charge in [0.1, 0.15) is 0 Å². The first-order chi connectivity index (χ1) is 9.72. The van der Waals surface area contributed by atoms with E-state index in [1.165, 1.54) is 32.1 Å². The van der Waals surface area contributed by atoms with Crippen molar-refractivity contribution in [1.82, 2.24) is 10.3 Å². The van der Waals surface area contributed by atoms with Crippen LogP contribution >= 0.6 is 0 Å². The minimum absolute atomic E-state index is 0.569. The SMILES string of the molecule is CCOCCCN=C(NN)N(C)C1CCC(CC)CC1. The van der Waals surface area contributed by atoms with E-state index in [1.54, 1.807) is 0 Å². The van der Waals surface area contributed by atoms with E-state index in [2.05, 4.69) is 29.3 Å². The Balaban J connectivity index is 2.37. The standard InChI is InChI=1S/C15H32N4O/c1-4-13-7-9-14(10-8-13)19(3)15(18-16)17-11-6-12-20-5-2/h13-14H,4-12,16H2,1-3H3,(H,17,18). The van der Waals surface area contributed by atoms with Gasteiger partial charge in [0.25, 0.3) is 0 Å². The third kappa shape index (κ3) is 5.67. The highest BCUT2D eigenvalue weighted by molar-refractivity contribution is 5.79. The molecule has 0 radical (unpaired) electrons. The molecule has 0 spiro atoms. The van der Waals surface area contributed by atoms with E-state index in [0.29, 0.717) is 6.04 Å². The van der Waals surface area contributed by atoms with Crippen LogP contribution in [0.15, 0.2) is 4.99 Å². The molecule has 1 rings (SSSR count). The van der Waals surface area contributed by atoms with Crippen molar-refractivity contribution in [2.45, 2.75) is 58.4 Å². The molecule has 5 nitrogen and oxygen atoms in total. The monoisotopic (exact) mass is 284 g/mol. The molecule has 0 aromatic heterocycles. The Bertz CT molecular complexity index is 275. The number of nitrogens with zero attached hydrogens (tertiary/aromatic N) is 2. The van der Waals surface area contributed by atoms with Crippen molar-refractivity contribution in [1.29, 1.82) is 0 Å². The number of hydrogen-bond donors (Lipinski definition) is 2. The molecule has 0 aliphatic heterocycles. The lowest BCUT2D eigenvalue weighted by molar-refractivity contribution is 0.146. The lowest BCUT2D eigenvalue weighted by Crippen LogP contribution is -2.48. The summed E-state index contributed by atoms with van der Waals surface area (Å²) in [5, 5.41) is 0. The first kappa shape index (κ1) is 17.2. The van der Waals surface area contributed by atoms with Gasteiger partial charge in [-0.3, -0.25) is 10.4 Å². The number of hydrazine groups is 1. The molecular formula is C15H32N4O. The highest BCUT2D eigenvalue weighted by Gasteiger charge is 2.24. The van der Waals surface area contributed by atoms with Crippen molar-refractivity contribution in [2.24, 2.45) is 16.8 Å². The first-order valence-electron chi connectivity index (χ1n) is 8.04. The fourth-order valence-corrected chi connectivity index (χ4v) is 2.87. The second kappa shape index (κ2) is 10.00. The number of hydrogen-bond acceptors (Lipinski definition) is 3. The largest absolute Gasteiger partial charge is 0.382 e. The summed E-state index contributed by atoms with van der Waals surface area (Å²) in [6, 6.07) is 0.569. The summed E-state index contributed by atoms with van der Waals surface area (Å²) in [6.07, 6.45) is 7.39. The van der Waals surface area contributed by atoms with Gasteiger partial charge in [-0.2, -0.15) is 0 Å². The summed E-state index contributed by atoms with van der Waals surface area (Å²) < 4.78 is 5.32. The summed E-state index contributed by atoms with van der Waals surface area (Å²) in [5.74, 6) is 7.34. The fourth-order valence-electron chi connectivity index (χ4n) is 2.87.